The summed E-state index contributed by atoms with van der Waals surface area (Å²) in [5.74, 6) is -0.811. The molecule has 0 aliphatic rings. The van der Waals surface area contributed by atoms with Gasteiger partial charge < -0.3 is 5.73 Å². The quantitative estimate of drug-likeness (QED) is 0.198. The molecule has 0 fully saturated rings. The first kappa shape index (κ1) is 20.8. The molecule has 0 saturated heterocycles. The molecule has 24 heavy (non-hydrogen) atoms. The van der Waals surface area contributed by atoms with Crippen LogP contribution in [0.5, 0.6) is 0 Å². The van der Waals surface area contributed by atoms with Crippen LogP contribution in [0.1, 0.15) is 30.1 Å². The summed E-state index contributed by atoms with van der Waals surface area (Å²) >= 11 is 3.29. The maximum Gasteiger partial charge on any atom is 0.261 e. The molecule has 0 bridgehead atoms. The molecule has 1 amide bonds. The number of unbranched alkanes of at least 4 members (excludes halogenated alkanes) is 1. The molecule has 2 unspecified atom stereocenters. The van der Waals surface area contributed by atoms with E-state index in [0.29, 0.717) is 24.9 Å². The van der Waals surface area contributed by atoms with Gasteiger partial charge in [-0.2, -0.15) is 0 Å². The van der Waals surface area contributed by atoms with E-state index in [4.69, 9.17) is 10.9 Å². The normalized spacial score (nSPS) is 14.0. The highest BCUT2D eigenvalue weighted by Crippen LogP contribution is 2.25. The van der Waals surface area contributed by atoms with Crippen LogP contribution in [0.15, 0.2) is 41.4 Å². The lowest BCUT2D eigenvalue weighted by Gasteiger charge is -2.21. The number of sulfonamides is 1. The van der Waals surface area contributed by atoms with Gasteiger partial charge in [0.2, 0.25) is 10.0 Å². The number of hydroxylamine groups is 1. The van der Waals surface area contributed by atoms with Gasteiger partial charge in [-0.05, 0) is 37.1 Å². The second kappa shape index (κ2) is 9.90. The van der Waals surface area contributed by atoms with Crippen LogP contribution in [-0.2, 0) is 14.8 Å². The van der Waals surface area contributed by atoms with Crippen LogP contribution in [0.2, 0.25) is 0 Å². The van der Waals surface area contributed by atoms with Crippen LogP contribution < -0.4 is 15.9 Å². The van der Waals surface area contributed by atoms with Crippen LogP contribution in [0.3, 0.4) is 0 Å². The fraction of sp³-hybridized carbons (Fsp3) is 0.400. The van der Waals surface area contributed by atoms with Crippen molar-refractivity contribution in [3.63, 3.8) is 0 Å². The molecule has 1 aromatic rings. The first-order chi connectivity index (χ1) is 11.4. The van der Waals surface area contributed by atoms with Gasteiger partial charge >= 0.3 is 0 Å². The molecular weight excluding hydrogens is 398 g/mol. The molecule has 134 valence electrons. The predicted molar refractivity (Wildman–Crippen MR) is 95.8 cm³/mol. The van der Waals surface area contributed by atoms with Crippen LogP contribution in [0, 0.1) is 0 Å². The van der Waals surface area contributed by atoms with Crippen LogP contribution in [0.4, 0.5) is 0 Å². The number of rotatable bonds is 10. The second-order valence-electron chi connectivity index (χ2n) is 5.18. The van der Waals surface area contributed by atoms with Crippen molar-refractivity contribution in [3.05, 3.63) is 47.0 Å². The van der Waals surface area contributed by atoms with Gasteiger partial charge in [-0.3, -0.25) is 10.0 Å². The van der Waals surface area contributed by atoms with E-state index in [-0.39, 0.29) is 6.42 Å². The van der Waals surface area contributed by atoms with Gasteiger partial charge in [0, 0.05) is 4.47 Å². The standard InChI is InChI=1S/C15H22BrN3O4S/c1-2-14(11-6-8-12(16)9-7-11)24(22,23)19-13(15(20)18-21)5-3-4-10-17/h2,6-9,13-14,19,21H,1,3-5,10,17H2,(H,18,20). The summed E-state index contributed by atoms with van der Waals surface area (Å²) in [6.07, 6.45) is 2.72. The summed E-state index contributed by atoms with van der Waals surface area (Å²) in [6.45, 7) is 4.02. The Morgan fingerprint density at radius 2 is 1.96 bits per heavy atom. The van der Waals surface area contributed by atoms with Crippen molar-refractivity contribution in [3.8, 4) is 0 Å². The van der Waals surface area contributed by atoms with Gasteiger partial charge in [-0.25, -0.2) is 18.6 Å². The van der Waals surface area contributed by atoms with E-state index in [0.717, 1.165) is 4.47 Å². The molecular formula is C15H22BrN3O4S. The lowest BCUT2D eigenvalue weighted by atomic mass is 10.1. The average Bonchev–Trinajstić information content (AvgIpc) is 2.55. The first-order valence-corrected chi connectivity index (χ1v) is 9.72. The summed E-state index contributed by atoms with van der Waals surface area (Å²) in [6, 6.07) is 5.68. The molecule has 7 nitrogen and oxygen atoms in total. The zero-order valence-corrected chi connectivity index (χ0v) is 15.5. The number of carbonyl (C=O) groups excluding carboxylic acids is 1. The highest BCUT2D eigenvalue weighted by Gasteiger charge is 2.30. The van der Waals surface area contributed by atoms with E-state index in [1.54, 1.807) is 24.3 Å². The minimum Gasteiger partial charge on any atom is -0.330 e. The molecule has 0 aromatic heterocycles. The molecule has 1 aromatic carbocycles. The summed E-state index contributed by atoms with van der Waals surface area (Å²) in [5, 5.41) is 7.80. The third kappa shape index (κ3) is 5.99. The van der Waals surface area contributed by atoms with E-state index in [1.165, 1.54) is 11.6 Å². The zero-order valence-electron chi connectivity index (χ0n) is 13.1. The van der Waals surface area contributed by atoms with Crippen molar-refractivity contribution in [1.82, 2.24) is 10.2 Å². The molecule has 1 rings (SSSR count). The van der Waals surface area contributed by atoms with Gasteiger partial charge in [-0.1, -0.05) is 40.6 Å². The first-order valence-electron chi connectivity index (χ1n) is 7.39. The molecule has 0 saturated carbocycles. The zero-order chi connectivity index (χ0) is 18.2. The summed E-state index contributed by atoms with van der Waals surface area (Å²) in [5.41, 5.74) is 7.41. The van der Waals surface area contributed by atoms with Crippen LogP contribution in [-0.4, -0.2) is 32.1 Å². The molecule has 0 heterocycles. The SMILES string of the molecule is C=CC(c1ccc(Br)cc1)S(=O)(=O)NC(CCCCN)C(=O)NO. The third-order valence-corrected chi connectivity index (χ3v) is 5.70. The Bertz CT molecular complexity index is 649. The maximum absolute atomic E-state index is 12.6. The fourth-order valence-electron chi connectivity index (χ4n) is 2.18. The number of hydrogen-bond donors (Lipinski definition) is 4. The van der Waals surface area contributed by atoms with E-state index in [2.05, 4.69) is 27.2 Å². The summed E-state index contributed by atoms with van der Waals surface area (Å²) < 4.78 is 28.4. The Kier molecular flexibility index (Phi) is 8.57. The van der Waals surface area contributed by atoms with Crippen molar-refractivity contribution in [1.29, 1.82) is 0 Å². The summed E-state index contributed by atoms with van der Waals surface area (Å²) in [7, 11) is -3.92. The van der Waals surface area contributed by atoms with Crippen LogP contribution >= 0.6 is 15.9 Å². The third-order valence-electron chi connectivity index (χ3n) is 3.43. The molecule has 0 spiro atoms. The molecule has 9 heteroatoms. The van der Waals surface area contributed by atoms with Crippen molar-refractivity contribution in [2.75, 3.05) is 6.54 Å². The molecule has 5 N–H and O–H groups in total. The Morgan fingerprint density at radius 1 is 1.33 bits per heavy atom. The number of amides is 1. The fourth-order valence-corrected chi connectivity index (χ4v) is 3.98. The minimum absolute atomic E-state index is 0.229. The number of halogens is 1. The highest BCUT2D eigenvalue weighted by atomic mass is 79.9. The molecule has 0 aliphatic heterocycles. The average molecular weight is 420 g/mol. The summed E-state index contributed by atoms with van der Waals surface area (Å²) in [4.78, 5) is 11.7. The minimum atomic E-state index is -3.92. The maximum atomic E-state index is 12.6. The Hall–Kier alpha value is -1.26. The molecule has 0 radical (unpaired) electrons. The number of nitrogens with two attached hydrogens (primary N) is 1. The van der Waals surface area contributed by atoms with Gasteiger partial charge in [0.1, 0.15) is 11.3 Å². The van der Waals surface area contributed by atoms with Crippen molar-refractivity contribution < 1.29 is 18.4 Å². The van der Waals surface area contributed by atoms with Crippen LogP contribution in [0.25, 0.3) is 0 Å². The topological polar surface area (TPSA) is 122 Å². The predicted octanol–water partition coefficient (Wildman–Crippen LogP) is 1.60. The number of carbonyl (C=O) groups is 1. The van der Waals surface area contributed by atoms with Gasteiger partial charge in [-0.15, -0.1) is 6.58 Å². The van der Waals surface area contributed by atoms with Crippen molar-refractivity contribution in [2.45, 2.75) is 30.6 Å². The lowest BCUT2D eigenvalue weighted by molar-refractivity contribution is -0.131. The van der Waals surface area contributed by atoms with Crippen molar-refractivity contribution >= 4 is 31.9 Å². The largest absolute Gasteiger partial charge is 0.330 e. The van der Waals surface area contributed by atoms with Gasteiger partial charge in [0.25, 0.3) is 5.91 Å². The van der Waals surface area contributed by atoms with Gasteiger partial charge in [0.15, 0.2) is 0 Å². The van der Waals surface area contributed by atoms with E-state index in [9.17, 15) is 13.2 Å². The molecule has 0 aliphatic carbocycles. The monoisotopic (exact) mass is 419 g/mol. The van der Waals surface area contributed by atoms with E-state index < -0.39 is 27.2 Å². The smallest absolute Gasteiger partial charge is 0.261 e. The van der Waals surface area contributed by atoms with Gasteiger partial charge in [0.05, 0.1) is 0 Å². The molecule has 2 atom stereocenters. The Labute approximate surface area is 150 Å². The van der Waals surface area contributed by atoms with E-state index >= 15 is 0 Å². The second-order valence-corrected chi connectivity index (χ2v) is 7.93. The van der Waals surface area contributed by atoms with E-state index in [1.807, 2.05) is 0 Å². The number of benzene rings is 1. The number of nitrogens with one attached hydrogen (secondary N) is 2. The highest BCUT2D eigenvalue weighted by molar-refractivity contribution is 9.10. The Morgan fingerprint density at radius 3 is 2.46 bits per heavy atom. The van der Waals surface area contributed by atoms with Crippen molar-refractivity contribution in [2.24, 2.45) is 5.73 Å². The lowest BCUT2D eigenvalue weighted by Crippen LogP contribution is -2.46. The Balaban J connectivity index is 2.98. The number of hydrogen-bond acceptors (Lipinski definition) is 5.